The van der Waals surface area contributed by atoms with Crippen LogP contribution in [0.3, 0.4) is 0 Å². The van der Waals surface area contributed by atoms with Crippen LogP contribution >= 0.6 is 0 Å². The molecule has 4 N–H and O–H groups in total. The van der Waals surface area contributed by atoms with Crippen LogP contribution < -0.4 is 20.7 Å². The summed E-state index contributed by atoms with van der Waals surface area (Å²) in [6, 6.07) is 11.5. The Hall–Kier alpha value is -4.12. The summed E-state index contributed by atoms with van der Waals surface area (Å²) in [6.45, 7) is 3.86. The van der Waals surface area contributed by atoms with Crippen LogP contribution in [0.15, 0.2) is 42.5 Å². The second kappa shape index (κ2) is 14.0. The van der Waals surface area contributed by atoms with Gasteiger partial charge in [0.25, 0.3) is 0 Å². The number of carboxylic acid groups (broad SMARTS) is 1. The Balaban J connectivity index is 1.47. The molecule has 1 unspecified atom stereocenters. The number of aryl methyl sites for hydroxylation is 1. The van der Waals surface area contributed by atoms with Gasteiger partial charge in [-0.25, -0.2) is 9.59 Å². The van der Waals surface area contributed by atoms with Crippen molar-refractivity contribution in [3.05, 3.63) is 53.6 Å². The zero-order valence-corrected chi connectivity index (χ0v) is 23.7. The molecular weight excluding hydrogens is 526 g/mol. The van der Waals surface area contributed by atoms with Crippen LogP contribution in [0.5, 0.6) is 5.75 Å². The molecule has 2 aromatic carbocycles. The summed E-state index contributed by atoms with van der Waals surface area (Å²) in [7, 11) is 1.49. The number of piperidine rings is 1. The predicted molar refractivity (Wildman–Crippen MR) is 155 cm³/mol. The first-order valence-electron chi connectivity index (χ1n) is 14.1. The standard InChI is InChI=1S/C30H39N5O6/c1-20-7-3-4-9-24(20)32-29(39)33-25-11-10-21(17-26(25)41-2)18-27(36)35(23-8-5-6-14-31-19-23)30(40)34-15-12-22(13-16-34)28(37)38/h3-4,7,9-11,17,22-23,31H,5-6,8,12-16,18-19H2,1-2H3,(H,37,38)(H2,32,33,39). The maximum absolute atomic E-state index is 13.7. The number of amides is 5. The van der Waals surface area contributed by atoms with Crippen LogP contribution in [-0.2, 0) is 16.0 Å². The number of imide groups is 1. The van der Waals surface area contributed by atoms with E-state index in [1.54, 1.807) is 23.1 Å². The van der Waals surface area contributed by atoms with E-state index in [1.807, 2.05) is 31.2 Å². The number of carbonyl (C=O) groups excluding carboxylic acids is 3. The van der Waals surface area contributed by atoms with E-state index >= 15 is 0 Å². The first-order chi connectivity index (χ1) is 19.8. The molecule has 5 amide bonds. The number of nitrogens with zero attached hydrogens (tertiary/aromatic N) is 2. The van der Waals surface area contributed by atoms with Gasteiger partial charge in [0.15, 0.2) is 0 Å². The quantitative estimate of drug-likeness (QED) is 0.397. The number of hydrogen-bond acceptors (Lipinski definition) is 6. The summed E-state index contributed by atoms with van der Waals surface area (Å²) in [5.74, 6) is -1.26. The lowest BCUT2D eigenvalue weighted by molar-refractivity contribution is -0.143. The van der Waals surface area contributed by atoms with Crippen molar-refractivity contribution in [1.82, 2.24) is 15.1 Å². The van der Waals surface area contributed by atoms with Gasteiger partial charge in [0, 0.05) is 25.3 Å². The molecule has 11 heteroatoms. The molecule has 2 saturated heterocycles. The second-order valence-electron chi connectivity index (χ2n) is 10.6. The maximum atomic E-state index is 13.7. The fraction of sp³-hybridized carbons (Fsp3) is 0.467. The third-order valence-corrected chi connectivity index (χ3v) is 7.74. The zero-order valence-electron chi connectivity index (χ0n) is 23.7. The van der Waals surface area contributed by atoms with Crippen molar-refractivity contribution in [1.29, 1.82) is 0 Å². The largest absolute Gasteiger partial charge is 0.495 e. The van der Waals surface area contributed by atoms with Crippen molar-refractivity contribution in [2.75, 3.05) is 43.9 Å². The first-order valence-corrected chi connectivity index (χ1v) is 14.1. The molecule has 2 aromatic rings. The number of ether oxygens (including phenoxy) is 1. The Morgan fingerprint density at radius 1 is 1.02 bits per heavy atom. The van der Waals surface area contributed by atoms with E-state index in [0.29, 0.717) is 61.6 Å². The Morgan fingerprint density at radius 2 is 1.76 bits per heavy atom. The van der Waals surface area contributed by atoms with E-state index in [1.165, 1.54) is 12.0 Å². The van der Waals surface area contributed by atoms with E-state index in [2.05, 4.69) is 16.0 Å². The van der Waals surface area contributed by atoms with Crippen LogP contribution in [0, 0.1) is 12.8 Å². The number of urea groups is 2. The lowest BCUT2D eigenvalue weighted by atomic mass is 9.97. The molecule has 220 valence electrons. The predicted octanol–water partition coefficient (Wildman–Crippen LogP) is 4.08. The number of methoxy groups -OCH3 is 1. The molecule has 1 atom stereocenters. The van der Waals surface area contributed by atoms with Crippen LogP contribution in [0.1, 0.15) is 43.2 Å². The van der Waals surface area contributed by atoms with Gasteiger partial charge in [-0.15, -0.1) is 0 Å². The molecule has 0 aliphatic carbocycles. The SMILES string of the molecule is COc1cc(CC(=O)N(C(=O)N2CCC(C(=O)O)CC2)C2CCCCNC2)ccc1NC(=O)Nc1ccccc1C. The maximum Gasteiger partial charge on any atom is 0.327 e. The minimum Gasteiger partial charge on any atom is -0.495 e. The third-order valence-electron chi connectivity index (χ3n) is 7.74. The number of anilines is 2. The molecular formula is C30H39N5O6. The Bertz CT molecular complexity index is 1250. The first kappa shape index (κ1) is 29.9. The number of para-hydroxylation sites is 1. The van der Waals surface area contributed by atoms with Gasteiger partial charge < -0.3 is 30.7 Å². The highest BCUT2D eigenvalue weighted by Crippen LogP contribution is 2.28. The second-order valence-corrected chi connectivity index (χ2v) is 10.6. The average Bonchev–Trinajstić information content (AvgIpc) is 3.24. The van der Waals surface area contributed by atoms with Gasteiger partial charge in [-0.05, 0) is 68.5 Å². The summed E-state index contributed by atoms with van der Waals surface area (Å²) in [5, 5.41) is 18.3. The molecule has 11 nitrogen and oxygen atoms in total. The third kappa shape index (κ3) is 7.75. The van der Waals surface area contributed by atoms with Gasteiger partial charge in [0.2, 0.25) is 5.91 Å². The fourth-order valence-corrected chi connectivity index (χ4v) is 5.36. The van der Waals surface area contributed by atoms with E-state index in [4.69, 9.17) is 4.74 Å². The number of aliphatic carboxylic acids is 1. The topological polar surface area (TPSA) is 140 Å². The monoisotopic (exact) mass is 565 g/mol. The summed E-state index contributed by atoms with van der Waals surface area (Å²) in [4.78, 5) is 54.4. The van der Waals surface area contributed by atoms with Gasteiger partial charge in [0.1, 0.15) is 5.75 Å². The smallest absolute Gasteiger partial charge is 0.327 e. The Kier molecular flexibility index (Phi) is 10.2. The summed E-state index contributed by atoms with van der Waals surface area (Å²) < 4.78 is 5.51. The highest BCUT2D eigenvalue weighted by Gasteiger charge is 2.36. The lowest BCUT2D eigenvalue weighted by Crippen LogP contribution is -2.55. The van der Waals surface area contributed by atoms with Crippen LogP contribution in [0.2, 0.25) is 0 Å². The molecule has 2 aliphatic rings. The van der Waals surface area contributed by atoms with Gasteiger partial charge in [-0.3, -0.25) is 14.5 Å². The normalized spacial score (nSPS) is 17.7. The molecule has 41 heavy (non-hydrogen) atoms. The van der Waals surface area contributed by atoms with Gasteiger partial charge in [0.05, 0.1) is 31.2 Å². The minimum atomic E-state index is -0.849. The van der Waals surface area contributed by atoms with E-state index in [9.17, 15) is 24.3 Å². The van der Waals surface area contributed by atoms with Crippen LogP contribution in [0.4, 0.5) is 21.0 Å². The number of carboxylic acids is 1. The number of nitrogens with one attached hydrogen (secondary N) is 3. The van der Waals surface area contributed by atoms with Crippen molar-refractivity contribution >= 4 is 35.3 Å². The molecule has 4 rings (SSSR count). The summed E-state index contributed by atoms with van der Waals surface area (Å²) in [6.07, 6.45) is 3.29. The number of likely N-dealkylation sites (tertiary alicyclic amines) is 1. The van der Waals surface area contributed by atoms with Crippen molar-refractivity contribution < 1.29 is 29.0 Å². The Morgan fingerprint density at radius 3 is 2.46 bits per heavy atom. The summed E-state index contributed by atoms with van der Waals surface area (Å²) >= 11 is 0. The van der Waals surface area contributed by atoms with Crippen LogP contribution in [-0.4, -0.2) is 78.2 Å². The number of benzene rings is 2. The van der Waals surface area contributed by atoms with Crippen molar-refractivity contribution in [3.63, 3.8) is 0 Å². The highest BCUT2D eigenvalue weighted by atomic mass is 16.5. The molecule has 2 heterocycles. The molecule has 0 bridgehead atoms. The van der Waals surface area contributed by atoms with E-state index in [-0.39, 0.29) is 24.4 Å². The number of rotatable bonds is 7. The van der Waals surface area contributed by atoms with Crippen molar-refractivity contribution in [3.8, 4) is 5.75 Å². The minimum absolute atomic E-state index is 0.0279. The lowest BCUT2D eigenvalue weighted by Gasteiger charge is -2.37. The highest BCUT2D eigenvalue weighted by molar-refractivity contribution is 6.01. The van der Waals surface area contributed by atoms with Crippen molar-refractivity contribution in [2.24, 2.45) is 5.92 Å². The van der Waals surface area contributed by atoms with E-state index in [0.717, 1.165) is 24.9 Å². The van der Waals surface area contributed by atoms with Gasteiger partial charge >= 0.3 is 18.0 Å². The van der Waals surface area contributed by atoms with Crippen molar-refractivity contribution in [2.45, 2.75) is 51.5 Å². The number of hydrogen-bond donors (Lipinski definition) is 4. The molecule has 0 saturated carbocycles. The average molecular weight is 566 g/mol. The molecule has 2 fully saturated rings. The van der Waals surface area contributed by atoms with Crippen LogP contribution in [0.25, 0.3) is 0 Å². The van der Waals surface area contributed by atoms with Gasteiger partial charge in [-0.1, -0.05) is 30.7 Å². The summed E-state index contributed by atoms with van der Waals surface area (Å²) in [5.41, 5.74) is 2.70. The fourth-order valence-electron chi connectivity index (χ4n) is 5.36. The molecule has 0 radical (unpaired) electrons. The zero-order chi connectivity index (χ0) is 29.4. The number of carbonyl (C=O) groups is 4. The molecule has 0 aromatic heterocycles. The molecule has 2 aliphatic heterocycles. The van der Waals surface area contributed by atoms with Gasteiger partial charge in [-0.2, -0.15) is 0 Å². The van der Waals surface area contributed by atoms with E-state index < -0.39 is 17.9 Å². The Labute approximate surface area is 240 Å². The molecule has 0 spiro atoms.